The van der Waals surface area contributed by atoms with Crippen molar-refractivity contribution in [3.8, 4) is 102 Å². The fourth-order valence-corrected chi connectivity index (χ4v) is 18.0. The molecule has 0 amide bonds. The molecule has 532 valence electrons. The Bertz CT molecular complexity index is 9290. The number of hydrogen-bond acceptors (Lipinski definition) is 10. The van der Waals surface area contributed by atoms with Crippen molar-refractivity contribution in [3.63, 3.8) is 0 Å². The topological polar surface area (TPSA) is 113 Å². The number of thiophene rings is 2. The molecular weight excluding hydrogens is 1430 g/mol. The maximum atomic E-state index is 9.70. The van der Waals surface area contributed by atoms with Crippen molar-refractivity contribution >= 4 is 151 Å². The zero-order valence-corrected chi connectivity index (χ0v) is 60.9. The van der Waals surface area contributed by atoms with E-state index < -0.39 is 109 Å². The highest BCUT2D eigenvalue weighted by Gasteiger charge is 2.26. The van der Waals surface area contributed by atoms with Crippen molar-refractivity contribution in [1.82, 2.24) is 39.0 Å². The minimum atomic E-state index is -0.621. The van der Waals surface area contributed by atoms with Crippen LogP contribution >= 0.6 is 22.7 Å². The molecule has 0 saturated carbocycles. The summed E-state index contributed by atoms with van der Waals surface area (Å²) in [5, 5.41) is 9.16. The third-order valence-electron chi connectivity index (χ3n) is 20.7. The van der Waals surface area contributed by atoms with E-state index in [1.165, 1.54) is 0 Å². The largest absolute Gasteiger partial charge is 0.456 e. The summed E-state index contributed by atoms with van der Waals surface area (Å²) in [6.07, 6.45) is 0. The molecule has 10 nitrogen and oxygen atoms in total. The Balaban J connectivity index is 0.000000152. The lowest BCUT2D eigenvalue weighted by Gasteiger charge is -2.11. The van der Waals surface area contributed by atoms with Crippen molar-refractivity contribution in [2.75, 3.05) is 0 Å². The van der Waals surface area contributed by atoms with E-state index in [2.05, 4.69) is 59.6 Å². The van der Waals surface area contributed by atoms with Gasteiger partial charge in [0, 0.05) is 106 Å². The van der Waals surface area contributed by atoms with Gasteiger partial charge in [-0.1, -0.05) is 273 Å². The number of nitrogens with zero attached hydrogens (tertiary/aromatic N) is 8. The summed E-state index contributed by atoms with van der Waals surface area (Å²) in [7, 11) is 0. The van der Waals surface area contributed by atoms with Gasteiger partial charge in [0.15, 0.2) is 23.3 Å². The summed E-state index contributed by atoms with van der Waals surface area (Å²) in [5.41, 5.74) is 8.02. The van der Waals surface area contributed by atoms with E-state index in [9.17, 15) is 4.11 Å². The minimum absolute atomic E-state index is 0.0108. The molecule has 8 heterocycles. The smallest absolute Gasteiger partial charge is 0.238 e. The predicted octanol–water partition coefficient (Wildman–Crippen LogP) is 27.8. The van der Waals surface area contributed by atoms with Crippen LogP contribution in [-0.2, 0) is 0 Å². The van der Waals surface area contributed by atoms with Crippen LogP contribution < -0.4 is 0 Å². The first-order valence-corrected chi connectivity index (χ1v) is 38.0. The Morgan fingerprint density at radius 3 is 1.37 bits per heavy atom. The lowest BCUT2D eigenvalue weighted by atomic mass is 9.99. The highest BCUT2D eigenvalue weighted by atomic mass is 32.1. The molecule has 0 bridgehead atoms. The maximum Gasteiger partial charge on any atom is 0.238 e. The zero-order valence-electron chi connectivity index (χ0n) is 80.2. The molecular formula is C102H60N8O2S2. The fourth-order valence-electron chi connectivity index (χ4n) is 15.8. The molecule has 0 aliphatic rings. The van der Waals surface area contributed by atoms with Crippen molar-refractivity contribution in [2.24, 2.45) is 0 Å². The first-order valence-electron chi connectivity index (χ1n) is 46.8. The van der Waals surface area contributed by atoms with Gasteiger partial charge in [0.05, 0.1) is 50.9 Å². The molecule has 0 atom stereocenters. The van der Waals surface area contributed by atoms with Gasteiger partial charge in [-0.25, -0.2) is 9.97 Å². The second kappa shape index (κ2) is 26.5. The van der Waals surface area contributed by atoms with Gasteiger partial charge >= 0.3 is 0 Å². The number of fused-ring (bicyclic) bond motifs is 20. The van der Waals surface area contributed by atoms with E-state index in [0.29, 0.717) is 49.7 Å². The van der Waals surface area contributed by atoms with Gasteiger partial charge in [-0.05, 0) is 135 Å². The number of furan rings is 2. The van der Waals surface area contributed by atoms with Crippen molar-refractivity contribution in [1.29, 1.82) is 0 Å². The quantitative estimate of drug-likeness (QED) is 0.133. The number of rotatable bonds is 10. The second-order valence-corrected chi connectivity index (χ2v) is 29.3. The average Bonchev–Trinajstić information content (AvgIpc) is 1.57. The maximum absolute atomic E-state index is 9.70. The van der Waals surface area contributed by atoms with Crippen LogP contribution in [0.3, 0.4) is 0 Å². The SMILES string of the molecule is [2H]c1c([2H])c([2H])c(-c2nc(-c3c([2H])c([2H])c4c(oc5c([2H])c([2H])c([2H])c(-c6ccccc6)c54)c3[2H])nc(-n3c4ccc(-c5ccccc5)cc4c4c5c(ccc43)sc3ccccc35)n2)c([2H])c1[2H].[2H]c1c([2H])c([2H])c(-c2nc(-c3ccc4c(c3)oc3cccc(-c5c([2H])c([2H])c([2H])c([2H])c5[2H])c34)nc(-n3c4cc(-c5ccccc5)ccc4c4c5c(ccc43)sc3ccccc35)n2)c([2H])c1[2H]. The van der Waals surface area contributed by atoms with E-state index in [1.807, 2.05) is 120 Å². The van der Waals surface area contributed by atoms with Crippen LogP contribution in [0.5, 0.6) is 0 Å². The van der Waals surface area contributed by atoms with Crippen LogP contribution in [0.25, 0.3) is 230 Å². The van der Waals surface area contributed by atoms with Crippen molar-refractivity contribution < 1.29 is 37.6 Å². The summed E-state index contributed by atoms with van der Waals surface area (Å²) in [6, 6.07) is 65.9. The van der Waals surface area contributed by atoms with E-state index in [4.69, 9.17) is 58.4 Å². The van der Waals surface area contributed by atoms with Crippen LogP contribution in [0.15, 0.2) is 372 Å². The van der Waals surface area contributed by atoms with E-state index in [0.717, 1.165) is 95.2 Å². The predicted molar refractivity (Wildman–Crippen MR) is 472 cm³/mol. The van der Waals surface area contributed by atoms with E-state index >= 15 is 0 Å². The second-order valence-electron chi connectivity index (χ2n) is 27.2. The van der Waals surface area contributed by atoms with Crippen LogP contribution in [0.2, 0.25) is 0 Å². The fraction of sp³-hybridized carbons (Fsp3) is 0. The molecule has 12 heteroatoms. The van der Waals surface area contributed by atoms with Crippen LogP contribution in [-0.4, -0.2) is 39.0 Å². The Labute approximate surface area is 689 Å². The lowest BCUT2D eigenvalue weighted by Crippen LogP contribution is -2.06. The molecule has 0 saturated heterocycles. The summed E-state index contributed by atoms with van der Waals surface area (Å²) < 4.78 is 205. The summed E-state index contributed by atoms with van der Waals surface area (Å²) in [6.45, 7) is 0. The summed E-state index contributed by atoms with van der Waals surface area (Å²) >= 11 is 3.37. The Kier molecular flexibility index (Phi) is 11.0. The third kappa shape index (κ3) is 10.8. The molecule has 0 unspecified atom stereocenters. The van der Waals surface area contributed by atoms with Gasteiger partial charge in [0.1, 0.15) is 22.3 Å². The zero-order chi connectivity index (χ0) is 93.2. The molecule has 24 aromatic rings. The Hall–Kier alpha value is -14.8. The van der Waals surface area contributed by atoms with Gasteiger partial charge in [-0.2, -0.15) is 19.9 Å². The number of benzene rings is 16. The summed E-state index contributed by atoms with van der Waals surface area (Å²) in [4.78, 5) is 29.5. The molecule has 0 fully saturated rings. The number of aromatic nitrogens is 8. The molecule has 0 spiro atoms. The van der Waals surface area contributed by atoms with Crippen molar-refractivity contribution in [2.45, 2.75) is 0 Å². The number of hydrogen-bond donors (Lipinski definition) is 0. The van der Waals surface area contributed by atoms with Gasteiger partial charge in [0.2, 0.25) is 11.9 Å². The molecule has 24 rings (SSSR count). The molecule has 0 radical (unpaired) electrons. The first-order chi connectivity index (χ1) is 65.2. The van der Waals surface area contributed by atoms with Gasteiger partial charge in [0.25, 0.3) is 0 Å². The monoisotopic (exact) mass is 1510 g/mol. The van der Waals surface area contributed by atoms with Crippen LogP contribution in [0.4, 0.5) is 0 Å². The van der Waals surface area contributed by atoms with Crippen molar-refractivity contribution in [3.05, 3.63) is 363 Å². The molecule has 114 heavy (non-hydrogen) atoms. The standard InChI is InChI=1S/2C51H30N4OS/c1-4-13-31(14-5-1)34-24-26-40-39(29-34)47-41(27-28-45-48(47)38-19-10-11-22-44(38)57-45)55(40)51-53-49(33-17-8-3-9-18-33)52-50(54-51)35-23-25-37-43(30-35)56-42-21-12-20-36(46(37)42)32-15-6-2-7-16-32;1-4-13-31(14-5-1)34-23-25-37-41(29-34)55(40-27-28-45-48(47(37)40)39-19-10-11-22-44(39)57-45)51-53-49(33-17-8-3-9-18-33)52-50(54-51)35-24-26-38-43(30-35)56-42-21-12-20-36(46(38)42)32-15-6-2-7-16-32/h2*1-30H/i3D,8D,9D,12D,17D,18D,20D,21D,23D,25D,30D;2D,3D,6D,7D,8D,9D,15D,16D,17D,18D. The van der Waals surface area contributed by atoms with Gasteiger partial charge in [-0.3, -0.25) is 9.13 Å². The normalized spacial score (nSPS) is 14.4. The molecule has 0 N–H and O–H groups in total. The summed E-state index contributed by atoms with van der Waals surface area (Å²) in [5.74, 6) is -0.595. The van der Waals surface area contributed by atoms with Gasteiger partial charge in [-0.15, -0.1) is 22.7 Å². The highest BCUT2D eigenvalue weighted by molar-refractivity contribution is 7.26. The molecule has 0 aliphatic carbocycles. The molecule has 0 aliphatic heterocycles. The third-order valence-corrected chi connectivity index (χ3v) is 23.0. The Morgan fingerprint density at radius 1 is 0.237 bits per heavy atom. The van der Waals surface area contributed by atoms with Crippen LogP contribution in [0, 0.1) is 0 Å². The highest BCUT2D eigenvalue weighted by Crippen LogP contribution is 2.48. The Morgan fingerprint density at radius 2 is 0.737 bits per heavy atom. The minimum Gasteiger partial charge on any atom is -0.456 e. The van der Waals surface area contributed by atoms with E-state index in [1.54, 1.807) is 94.0 Å². The average molecular weight is 1510 g/mol. The first kappa shape index (κ1) is 47.3. The van der Waals surface area contributed by atoms with E-state index in [-0.39, 0.29) is 103 Å². The van der Waals surface area contributed by atoms with Crippen LogP contribution in [0.1, 0.15) is 28.8 Å². The molecule has 8 aromatic heterocycles. The molecule has 16 aromatic carbocycles. The van der Waals surface area contributed by atoms with Gasteiger partial charge < -0.3 is 8.83 Å². The lowest BCUT2D eigenvalue weighted by molar-refractivity contribution is 0.668.